The summed E-state index contributed by atoms with van der Waals surface area (Å²) in [6, 6.07) is 2.32. The van der Waals surface area contributed by atoms with E-state index in [1.807, 2.05) is 11.0 Å². The van der Waals surface area contributed by atoms with Gasteiger partial charge in [0.25, 0.3) is 0 Å². The number of carbonyl (C=O) groups is 1. The zero-order chi connectivity index (χ0) is 15.6. The third kappa shape index (κ3) is 3.93. The predicted octanol–water partition coefficient (Wildman–Crippen LogP) is 2.76. The number of amides is 1. The van der Waals surface area contributed by atoms with Gasteiger partial charge in [-0.25, -0.2) is 9.97 Å². The first-order valence-corrected chi connectivity index (χ1v) is 7.77. The van der Waals surface area contributed by atoms with Gasteiger partial charge in [-0.1, -0.05) is 27.7 Å². The molecule has 0 radical (unpaired) electrons. The van der Waals surface area contributed by atoms with Gasteiger partial charge in [-0.15, -0.1) is 0 Å². The van der Waals surface area contributed by atoms with E-state index in [9.17, 15) is 4.79 Å². The summed E-state index contributed by atoms with van der Waals surface area (Å²) >= 11 is 0. The maximum absolute atomic E-state index is 11.4. The summed E-state index contributed by atoms with van der Waals surface area (Å²) in [7, 11) is 0. The number of aromatic nitrogens is 2. The Morgan fingerprint density at radius 3 is 2.52 bits per heavy atom. The van der Waals surface area contributed by atoms with Crippen molar-refractivity contribution in [2.45, 2.75) is 58.9 Å². The van der Waals surface area contributed by atoms with Crippen molar-refractivity contribution in [2.75, 3.05) is 18.4 Å². The van der Waals surface area contributed by atoms with E-state index in [4.69, 9.17) is 0 Å². The Morgan fingerprint density at radius 2 is 2.00 bits per heavy atom. The van der Waals surface area contributed by atoms with E-state index in [1.54, 1.807) is 6.92 Å². The lowest BCUT2D eigenvalue weighted by atomic mass is 10.1. The van der Waals surface area contributed by atoms with Crippen LogP contribution in [0.15, 0.2) is 6.07 Å². The lowest BCUT2D eigenvalue weighted by molar-refractivity contribution is -0.127. The van der Waals surface area contributed by atoms with Gasteiger partial charge in [-0.05, 0) is 12.3 Å². The fraction of sp³-hybridized carbons (Fsp3) is 0.688. The maximum Gasteiger partial charge on any atom is 0.219 e. The average molecular weight is 290 g/mol. The molecule has 1 amide bonds. The minimum absolute atomic E-state index is 0.146. The molecular weight excluding hydrogens is 264 g/mol. The molecular formula is C16H26N4O. The third-order valence-electron chi connectivity index (χ3n) is 3.86. The Bertz CT molecular complexity index is 487. The molecule has 21 heavy (non-hydrogen) atoms. The molecule has 0 unspecified atom stereocenters. The van der Waals surface area contributed by atoms with Gasteiger partial charge >= 0.3 is 0 Å². The van der Waals surface area contributed by atoms with Crippen LogP contribution in [-0.2, 0) is 4.79 Å². The number of anilines is 1. The minimum Gasteiger partial charge on any atom is -0.365 e. The third-order valence-corrected chi connectivity index (χ3v) is 3.86. The molecule has 2 heterocycles. The van der Waals surface area contributed by atoms with Crippen LogP contribution in [0, 0.1) is 0 Å². The summed E-state index contributed by atoms with van der Waals surface area (Å²) in [5.74, 6) is 2.59. The van der Waals surface area contributed by atoms with Crippen LogP contribution in [0.25, 0.3) is 0 Å². The van der Waals surface area contributed by atoms with E-state index < -0.39 is 0 Å². The summed E-state index contributed by atoms with van der Waals surface area (Å²) in [6.45, 7) is 11.7. The van der Waals surface area contributed by atoms with Gasteiger partial charge in [-0.3, -0.25) is 4.79 Å². The summed E-state index contributed by atoms with van der Waals surface area (Å²) in [4.78, 5) is 22.5. The number of hydrogen-bond acceptors (Lipinski definition) is 4. The van der Waals surface area contributed by atoms with Gasteiger partial charge in [0.15, 0.2) is 0 Å². The summed E-state index contributed by atoms with van der Waals surface area (Å²) in [6.07, 6.45) is 0.970. The van der Waals surface area contributed by atoms with Crippen molar-refractivity contribution in [1.82, 2.24) is 14.9 Å². The lowest BCUT2D eigenvalue weighted by Crippen LogP contribution is -2.30. The van der Waals surface area contributed by atoms with Gasteiger partial charge in [-0.2, -0.15) is 0 Å². The lowest BCUT2D eigenvalue weighted by Gasteiger charge is -2.18. The highest BCUT2D eigenvalue weighted by Crippen LogP contribution is 2.21. The maximum atomic E-state index is 11.4. The second-order valence-electron chi connectivity index (χ2n) is 6.44. The van der Waals surface area contributed by atoms with Crippen LogP contribution >= 0.6 is 0 Å². The van der Waals surface area contributed by atoms with E-state index in [2.05, 4.69) is 43.0 Å². The van der Waals surface area contributed by atoms with Crippen LogP contribution in [0.5, 0.6) is 0 Å². The monoisotopic (exact) mass is 290 g/mol. The van der Waals surface area contributed by atoms with Crippen LogP contribution in [0.4, 0.5) is 5.82 Å². The zero-order valence-corrected chi connectivity index (χ0v) is 13.7. The molecule has 2 rings (SSSR count). The predicted molar refractivity (Wildman–Crippen MR) is 84.5 cm³/mol. The Labute approximate surface area is 127 Å². The fourth-order valence-corrected chi connectivity index (χ4v) is 2.49. The number of nitrogens with one attached hydrogen (secondary N) is 1. The molecule has 5 heteroatoms. The van der Waals surface area contributed by atoms with Gasteiger partial charge < -0.3 is 10.2 Å². The minimum atomic E-state index is 0.146. The Balaban J connectivity index is 2.14. The first kappa shape index (κ1) is 15.7. The molecule has 1 N–H and O–H groups in total. The van der Waals surface area contributed by atoms with E-state index in [0.717, 1.165) is 36.8 Å². The molecule has 116 valence electrons. The molecule has 1 aromatic heterocycles. The molecule has 0 bridgehead atoms. The smallest absolute Gasteiger partial charge is 0.219 e. The van der Waals surface area contributed by atoms with Crippen LogP contribution in [0.1, 0.15) is 64.4 Å². The Kier molecular flexibility index (Phi) is 4.80. The topological polar surface area (TPSA) is 58.1 Å². The van der Waals surface area contributed by atoms with Crippen LogP contribution in [0.2, 0.25) is 0 Å². The second-order valence-corrected chi connectivity index (χ2v) is 6.44. The van der Waals surface area contributed by atoms with Crippen LogP contribution < -0.4 is 5.32 Å². The molecule has 0 aliphatic carbocycles. The first-order valence-electron chi connectivity index (χ1n) is 7.77. The number of hydrogen-bond donors (Lipinski definition) is 1. The average Bonchev–Trinajstić information content (AvgIpc) is 2.87. The highest BCUT2D eigenvalue weighted by molar-refractivity contribution is 5.73. The molecule has 1 fully saturated rings. The van der Waals surface area contributed by atoms with E-state index in [0.29, 0.717) is 11.8 Å². The molecule has 1 aliphatic rings. The first-order chi connectivity index (χ1) is 9.86. The van der Waals surface area contributed by atoms with E-state index in [1.165, 1.54) is 0 Å². The second kappa shape index (κ2) is 6.41. The highest BCUT2D eigenvalue weighted by Gasteiger charge is 2.24. The Morgan fingerprint density at radius 1 is 1.29 bits per heavy atom. The van der Waals surface area contributed by atoms with Crippen molar-refractivity contribution in [1.29, 1.82) is 0 Å². The molecule has 0 saturated carbocycles. The zero-order valence-electron chi connectivity index (χ0n) is 13.7. The number of rotatable bonds is 4. The summed E-state index contributed by atoms with van der Waals surface area (Å²) in [5.41, 5.74) is 1.07. The van der Waals surface area contributed by atoms with Crippen molar-refractivity contribution >= 4 is 11.7 Å². The number of carbonyl (C=O) groups excluding carboxylic acids is 1. The largest absolute Gasteiger partial charge is 0.365 e. The van der Waals surface area contributed by atoms with Gasteiger partial charge in [0.1, 0.15) is 11.6 Å². The summed E-state index contributed by atoms with van der Waals surface area (Å²) < 4.78 is 0. The van der Waals surface area contributed by atoms with Crippen molar-refractivity contribution < 1.29 is 4.79 Å². The van der Waals surface area contributed by atoms with Crippen molar-refractivity contribution in [3.63, 3.8) is 0 Å². The Hall–Kier alpha value is -1.65. The van der Waals surface area contributed by atoms with Gasteiger partial charge in [0.2, 0.25) is 5.91 Å². The van der Waals surface area contributed by atoms with E-state index >= 15 is 0 Å². The standard InChI is InChI=1S/C16H26N4O/c1-10(2)14-8-15(19-16(18-14)11(3)4)17-13-6-7-20(9-13)12(5)21/h8,10-11,13H,6-7,9H2,1-5H3,(H,17,18,19)/t13-/m0/s1. The molecule has 0 spiro atoms. The molecule has 1 aliphatic heterocycles. The molecule has 0 aromatic carbocycles. The van der Waals surface area contributed by atoms with Gasteiger partial charge in [0, 0.05) is 43.7 Å². The molecule has 5 nitrogen and oxygen atoms in total. The van der Waals surface area contributed by atoms with Crippen molar-refractivity contribution in [2.24, 2.45) is 0 Å². The highest BCUT2D eigenvalue weighted by atomic mass is 16.2. The van der Waals surface area contributed by atoms with Crippen LogP contribution in [-0.4, -0.2) is 39.9 Å². The molecule has 1 saturated heterocycles. The number of nitrogens with zero attached hydrogens (tertiary/aromatic N) is 3. The SMILES string of the molecule is CC(=O)N1CC[C@H](Nc2cc(C(C)C)nc(C(C)C)n2)C1. The molecule has 1 atom stereocenters. The van der Waals surface area contributed by atoms with E-state index in [-0.39, 0.29) is 11.9 Å². The van der Waals surface area contributed by atoms with Crippen molar-refractivity contribution in [3.8, 4) is 0 Å². The van der Waals surface area contributed by atoms with Crippen LogP contribution in [0.3, 0.4) is 0 Å². The normalized spacial score (nSPS) is 18.6. The number of likely N-dealkylation sites (tertiary alicyclic amines) is 1. The van der Waals surface area contributed by atoms with Crippen molar-refractivity contribution in [3.05, 3.63) is 17.6 Å². The molecule has 1 aromatic rings. The fourth-order valence-electron chi connectivity index (χ4n) is 2.49. The van der Waals surface area contributed by atoms with Gasteiger partial charge in [0.05, 0.1) is 0 Å². The summed E-state index contributed by atoms with van der Waals surface area (Å²) in [5, 5.41) is 3.47. The quantitative estimate of drug-likeness (QED) is 0.926.